The molecule has 19 heavy (non-hydrogen) atoms. The van der Waals surface area contributed by atoms with Gasteiger partial charge in [-0.15, -0.1) is 0 Å². The predicted octanol–water partition coefficient (Wildman–Crippen LogP) is 2.50. The van der Waals surface area contributed by atoms with Gasteiger partial charge in [0.25, 0.3) is 0 Å². The fraction of sp³-hybridized carbons (Fsp3) is 0.571. The van der Waals surface area contributed by atoms with Crippen molar-refractivity contribution >= 4 is 15.7 Å². The van der Waals surface area contributed by atoms with E-state index in [9.17, 15) is 8.42 Å². The lowest BCUT2D eigenvalue weighted by Crippen LogP contribution is -2.31. The molecule has 0 saturated heterocycles. The molecule has 0 bridgehead atoms. The van der Waals surface area contributed by atoms with Gasteiger partial charge in [-0.2, -0.15) is 0 Å². The van der Waals surface area contributed by atoms with E-state index in [0.29, 0.717) is 29.5 Å². The van der Waals surface area contributed by atoms with Crippen LogP contribution in [-0.4, -0.2) is 26.3 Å². The zero-order chi connectivity index (χ0) is 14.6. The highest BCUT2D eigenvalue weighted by atomic mass is 32.2. The summed E-state index contributed by atoms with van der Waals surface area (Å²) in [5, 5.41) is 0. The van der Waals surface area contributed by atoms with Gasteiger partial charge in [-0.1, -0.05) is 33.3 Å². The van der Waals surface area contributed by atoms with Crippen LogP contribution in [0.25, 0.3) is 0 Å². The molecule has 0 heterocycles. The van der Waals surface area contributed by atoms with Crippen molar-refractivity contribution in [1.82, 2.24) is 4.31 Å². The third-order valence-corrected chi connectivity index (χ3v) is 5.33. The van der Waals surface area contributed by atoms with E-state index < -0.39 is 10.0 Å². The third kappa shape index (κ3) is 3.70. The standard InChI is InChI=1S/C14H24N2O2S/c1-5-11(3)10-16(4)19(17,18)14-9-13(15)8-7-12(14)6-2/h7-9,11H,5-6,10,15H2,1-4H3. The van der Waals surface area contributed by atoms with Gasteiger partial charge in [0.1, 0.15) is 0 Å². The second-order valence-electron chi connectivity index (χ2n) is 5.02. The minimum absolute atomic E-state index is 0.334. The number of nitrogens with zero attached hydrogens (tertiary/aromatic N) is 1. The molecule has 0 spiro atoms. The van der Waals surface area contributed by atoms with Crippen molar-refractivity contribution in [3.05, 3.63) is 23.8 Å². The average Bonchev–Trinajstić information content (AvgIpc) is 2.38. The van der Waals surface area contributed by atoms with Crippen LogP contribution in [0.3, 0.4) is 0 Å². The molecule has 0 radical (unpaired) electrons. The zero-order valence-electron chi connectivity index (χ0n) is 12.2. The smallest absolute Gasteiger partial charge is 0.243 e. The SMILES string of the molecule is CCc1ccc(N)cc1S(=O)(=O)N(C)CC(C)CC. The second kappa shape index (κ2) is 6.39. The van der Waals surface area contributed by atoms with Crippen LogP contribution in [0.4, 0.5) is 5.69 Å². The lowest BCUT2D eigenvalue weighted by Gasteiger charge is -2.22. The number of sulfonamides is 1. The normalized spacial score (nSPS) is 13.7. The van der Waals surface area contributed by atoms with Gasteiger partial charge in [-0.05, 0) is 30.0 Å². The maximum absolute atomic E-state index is 12.6. The van der Waals surface area contributed by atoms with Crippen molar-refractivity contribution in [2.75, 3.05) is 19.3 Å². The molecule has 108 valence electrons. The quantitative estimate of drug-likeness (QED) is 0.816. The Morgan fingerprint density at radius 2 is 1.95 bits per heavy atom. The van der Waals surface area contributed by atoms with E-state index in [1.165, 1.54) is 4.31 Å². The molecule has 5 heteroatoms. The minimum atomic E-state index is -3.46. The number of anilines is 1. The summed E-state index contributed by atoms with van der Waals surface area (Å²) >= 11 is 0. The van der Waals surface area contributed by atoms with Crippen LogP contribution in [0.2, 0.25) is 0 Å². The summed E-state index contributed by atoms with van der Waals surface area (Å²) in [5.74, 6) is 0.339. The average molecular weight is 284 g/mol. The second-order valence-corrected chi connectivity index (χ2v) is 7.03. The Kier molecular flexibility index (Phi) is 5.38. The van der Waals surface area contributed by atoms with E-state index in [2.05, 4.69) is 6.92 Å². The summed E-state index contributed by atoms with van der Waals surface area (Å²) in [5.41, 5.74) is 7.01. The molecule has 1 aromatic rings. The van der Waals surface area contributed by atoms with Crippen molar-refractivity contribution in [2.24, 2.45) is 5.92 Å². The summed E-state index contributed by atoms with van der Waals surface area (Å²) in [7, 11) is -1.83. The number of nitrogen functional groups attached to an aromatic ring is 1. The number of benzene rings is 1. The summed E-state index contributed by atoms with van der Waals surface area (Å²) < 4.78 is 26.6. The summed E-state index contributed by atoms with van der Waals surface area (Å²) in [6, 6.07) is 5.09. The largest absolute Gasteiger partial charge is 0.399 e. The minimum Gasteiger partial charge on any atom is -0.399 e. The fourth-order valence-corrected chi connectivity index (χ4v) is 3.55. The van der Waals surface area contributed by atoms with Crippen LogP contribution in [-0.2, 0) is 16.4 Å². The number of hydrogen-bond donors (Lipinski definition) is 1. The molecule has 0 saturated carbocycles. The molecular formula is C14H24N2O2S. The molecular weight excluding hydrogens is 260 g/mol. The van der Waals surface area contributed by atoms with Gasteiger partial charge in [-0.25, -0.2) is 12.7 Å². The van der Waals surface area contributed by atoms with E-state index in [1.807, 2.05) is 13.8 Å². The van der Waals surface area contributed by atoms with Gasteiger partial charge in [0.05, 0.1) is 4.90 Å². The van der Waals surface area contributed by atoms with Crippen LogP contribution >= 0.6 is 0 Å². The molecule has 1 atom stereocenters. The molecule has 0 aliphatic rings. The van der Waals surface area contributed by atoms with Crippen molar-refractivity contribution in [3.63, 3.8) is 0 Å². The summed E-state index contributed by atoms with van der Waals surface area (Å²) in [6.07, 6.45) is 1.63. The topological polar surface area (TPSA) is 63.4 Å². The van der Waals surface area contributed by atoms with Crippen LogP contribution in [0.15, 0.2) is 23.1 Å². The Bertz CT molecular complexity index is 526. The monoisotopic (exact) mass is 284 g/mol. The first-order chi connectivity index (χ1) is 8.82. The number of hydrogen-bond acceptors (Lipinski definition) is 3. The highest BCUT2D eigenvalue weighted by molar-refractivity contribution is 7.89. The molecule has 0 amide bonds. The predicted molar refractivity (Wildman–Crippen MR) is 79.5 cm³/mol. The Balaban J connectivity index is 3.16. The zero-order valence-corrected chi connectivity index (χ0v) is 13.0. The van der Waals surface area contributed by atoms with E-state index >= 15 is 0 Å². The number of aryl methyl sites for hydroxylation is 1. The molecule has 0 aliphatic carbocycles. The maximum atomic E-state index is 12.6. The van der Waals surface area contributed by atoms with Gasteiger partial charge in [0.15, 0.2) is 0 Å². The van der Waals surface area contributed by atoms with E-state index in [4.69, 9.17) is 5.73 Å². The highest BCUT2D eigenvalue weighted by Gasteiger charge is 2.24. The van der Waals surface area contributed by atoms with Gasteiger partial charge < -0.3 is 5.73 Å². The molecule has 0 fully saturated rings. The first-order valence-corrected chi connectivity index (χ1v) is 8.11. The highest BCUT2D eigenvalue weighted by Crippen LogP contribution is 2.23. The third-order valence-electron chi connectivity index (χ3n) is 3.43. The first-order valence-electron chi connectivity index (χ1n) is 6.67. The number of nitrogens with two attached hydrogens (primary N) is 1. The van der Waals surface area contributed by atoms with Crippen LogP contribution in [0, 0.1) is 5.92 Å². The van der Waals surface area contributed by atoms with Crippen LogP contribution in [0.1, 0.15) is 32.8 Å². The molecule has 0 aliphatic heterocycles. The molecule has 4 nitrogen and oxygen atoms in total. The van der Waals surface area contributed by atoms with Crippen molar-refractivity contribution in [1.29, 1.82) is 0 Å². The van der Waals surface area contributed by atoms with E-state index in [1.54, 1.807) is 25.2 Å². The van der Waals surface area contributed by atoms with Crippen molar-refractivity contribution < 1.29 is 8.42 Å². The van der Waals surface area contributed by atoms with Gasteiger partial charge in [-0.3, -0.25) is 0 Å². The Labute approximate surface area is 116 Å². The summed E-state index contributed by atoms with van der Waals surface area (Å²) in [4.78, 5) is 0.334. The molecule has 1 rings (SSSR count). The lowest BCUT2D eigenvalue weighted by atomic mass is 10.1. The lowest BCUT2D eigenvalue weighted by molar-refractivity contribution is 0.393. The maximum Gasteiger partial charge on any atom is 0.243 e. The van der Waals surface area contributed by atoms with Gasteiger partial charge in [0, 0.05) is 19.3 Å². The molecule has 1 unspecified atom stereocenters. The van der Waals surface area contributed by atoms with Crippen LogP contribution in [0.5, 0.6) is 0 Å². The Hall–Kier alpha value is -1.07. The van der Waals surface area contributed by atoms with Crippen LogP contribution < -0.4 is 5.73 Å². The Morgan fingerprint density at radius 3 is 2.47 bits per heavy atom. The van der Waals surface area contributed by atoms with Crippen molar-refractivity contribution in [2.45, 2.75) is 38.5 Å². The number of rotatable bonds is 6. The molecule has 0 aromatic heterocycles. The first kappa shape index (κ1) is 16.0. The molecule has 2 N–H and O–H groups in total. The van der Waals surface area contributed by atoms with E-state index in [-0.39, 0.29) is 0 Å². The summed E-state index contributed by atoms with van der Waals surface area (Å²) in [6.45, 7) is 6.57. The molecule has 1 aromatic carbocycles. The Morgan fingerprint density at radius 1 is 1.32 bits per heavy atom. The van der Waals surface area contributed by atoms with Gasteiger partial charge >= 0.3 is 0 Å². The van der Waals surface area contributed by atoms with Crippen molar-refractivity contribution in [3.8, 4) is 0 Å². The van der Waals surface area contributed by atoms with E-state index in [0.717, 1.165) is 12.0 Å². The fourth-order valence-electron chi connectivity index (χ4n) is 1.94. The van der Waals surface area contributed by atoms with Gasteiger partial charge in [0.2, 0.25) is 10.0 Å².